The average Bonchev–Trinajstić information content (AvgIpc) is 2.88. The number of pyridine rings is 2. The zero-order valence-electron chi connectivity index (χ0n) is 20.3. The Morgan fingerprint density at radius 1 is 1.03 bits per heavy atom. The van der Waals surface area contributed by atoms with Crippen molar-refractivity contribution in [3.8, 4) is 23.1 Å². The molecule has 0 saturated heterocycles. The molecule has 0 amide bonds. The van der Waals surface area contributed by atoms with Crippen molar-refractivity contribution >= 4 is 45.5 Å². The molecule has 0 radical (unpaired) electrons. The SMILES string of the molecule is COc1cc(Nc2c(C#N)cnc3cc(-c4ccc(CNCCN(C)C)cn4)ccc23)c(Cl)cc1Cl. The first-order valence-corrected chi connectivity index (χ1v) is 12.1. The number of likely N-dealkylation sites (N-methyl/N-ethyl adjacent to an activating group) is 1. The minimum Gasteiger partial charge on any atom is -0.495 e. The van der Waals surface area contributed by atoms with Crippen LogP contribution in [-0.2, 0) is 6.54 Å². The van der Waals surface area contributed by atoms with E-state index in [1.165, 1.54) is 7.11 Å². The number of aromatic nitrogens is 2. The van der Waals surface area contributed by atoms with E-state index in [0.29, 0.717) is 32.7 Å². The Labute approximate surface area is 220 Å². The molecule has 36 heavy (non-hydrogen) atoms. The van der Waals surface area contributed by atoms with E-state index in [0.717, 1.165) is 47.4 Å². The van der Waals surface area contributed by atoms with Crippen molar-refractivity contribution in [2.75, 3.05) is 39.6 Å². The number of hydrogen-bond donors (Lipinski definition) is 2. The topological polar surface area (TPSA) is 86.1 Å². The quantitative estimate of drug-likeness (QED) is 0.266. The van der Waals surface area contributed by atoms with E-state index < -0.39 is 0 Å². The first-order chi connectivity index (χ1) is 17.4. The van der Waals surface area contributed by atoms with Gasteiger partial charge in [0, 0.05) is 49.0 Å². The standard InChI is InChI=1S/C27H26Cl2N6O/c1-35(2)9-8-31-14-17-4-7-23(32-15-17)18-5-6-20-24(10-18)33-16-19(13-30)27(20)34-25-12-26(36-3)22(29)11-21(25)28/h4-7,10-12,15-16,31H,8-9,14H2,1-3H3,(H,33,34). The van der Waals surface area contributed by atoms with Crippen molar-refractivity contribution < 1.29 is 4.74 Å². The van der Waals surface area contributed by atoms with Gasteiger partial charge in [-0.1, -0.05) is 35.3 Å². The van der Waals surface area contributed by atoms with Crippen LogP contribution in [0.5, 0.6) is 5.75 Å². The van der Waals surface area contributed by atoms with Crippen LogP contribution in [-0.4, -0.2) is 49.2 Å². The lowest BCUT2D eigenvalue weighted by Crippen LogP contribution is -2.26. The van der Waals surface area contributed by atoms with Crippen molar-refractivity contribution in [2.45, 2.75) is 6.54 Å². The molecule has 0 saturated carbocycles. The molecule has 2 aromatic carbocycles. The van der Waals surface area contributed by atoms with Gasteiger partial charge in [-0.2, -0.15) is 5.26 Å². The van der Waals surface area contributed by atoms with E-state index in [1.54, 1.807) is 18.3 Å². The van der Waals surface area contributed by atoms with Gasteiger partial charge in [0.25, 0.3) is 0 Å². The molecule has 0 aliphatic heterocycles. The van der Waals surface area contributed by atoms with Crippen molar-refractivity contribution in [1.29, 1.82) is 5.26 Å². The van der Waals surface area contributed by atoms with Crippen LogP contribution in [0.15, 0.2) is 54.9 Å². The highest BCUT2D eigenvalue weighted by atomic mass is 35.5. The maximum atomic E-state index is 9.71. The molecule has 9 heteroatoms. The fourth-order valence-electron chi connectivity index (χ4n) is 3.72. The summed E-state index contributed by atoms with van der Waals surface area (Å²) in [5.74, 6) is 0.477. The Hall–Kier alpha value is -3.41. The monoisotopic (exact) mass is 520 g/mol. The van der Waals surface area contributed by atoms with Crippen LogP contribution >= 0.6 is 23.2 Å². The van der Waals surface area contributed by atoms with Gasteiger partial charge in [-0.25, -0.2) is 0 Å². The molecular weight excluding hydrogens is 495 g/mol. The van der Waals surface area contributed by atoms with E-state index in [-0.39, 0.29) is 0 Å². The van der Waals surface area contributed by atoms with E-state index in [9.17, 15) is 5.26 Å². The molecule has 0 bridgehead atoms. The summed E-state index contributed by atoms with van der Waals surface area (Å²) in [4.78, 5) is 11.3. The molecule has 4 rings (SSSR count). The van der Waals surface area contributed by atoms with Gasteiger partial charge in [-0.3, -0.25) is 9.97 Å². The number of nitrogens with one attached hydrogen (secondary N) is 2. The second-order valence-corrected chi connectivity index (χ2v) is 9.33. The van der Waals surface area contributed by atoms with Crippen LogP contribution in [0.1, 0.15) is 11.1 Å². The molecule has 2 aromatic heterocycles. The second kappa shape index (κ2) is 11.5. The predicted octanol–water partition coefficient (Wildman–Crippen LogP) is 5.88. The molecule has 0 fully saturated rings. The van der Waals surface area contributed by atoms with Gasteiger partial charge in [0.1, 0.15) is 11.8 Å². The zero-order chi connectivity index (χ0) is 25.7. The van der Waals surface area contributed by atoms with Crippen molar-refractivity contribution in [3.63, 3.8) is 0 Å². The molecule has 0 aliphatic rings. The number of anilines is 2. The highest BCUT2D eigenvalue weighted by Crippen LogP contribution is 2.38. The Kier molecular flexibility index (Phi) is 8.24. The third-order valence-electron chi connectivity index (χ3n) is 5.68. The first-order valence-electron chi connectivity index (χ1n) is 11.3. The molecule has 0 spiro atoms. The van der Waals surface area contributed by atoms with Gasteiger partial charge < -0.3 is 20.3 Å². The minimum atomic E-state index is 0.393. The van der Waals surface area contributed by atoms with E-state index in [1.807, 2.05) is 30.5 Å². The fourth-order valence-corrected chi connectivity index (χ4v) is 4.23. The van der Waals surface area contributed by atoms with Gasteiger partial charge in [-0.05, 0) is 43.9 Å². The summed E-state index contributed by atoms with van der Waals surface area (Å²) in [6, 6.07) is 15.4. The molecule has 0 atom stereocenters. The number of nitrogens with zero attached hydrogens (tertiary/aromatic N) is 4. The number of halogens is 2. The highest BCUT2D eigenvalue weighted by Gasteiger charge is 2.14. The number of ether oxygens (including phenoxy) is 1. The summed E-state index contributed by atoms with van der Waals surface area (Å²) in [5, 5.41) is 18.0. The Bertz CT molecular complexity index is 1420. The third-order valence-corrected chi connectivity index (χ3v) is 6.28. The maximum Gasteiger partial charge on any atom is 0.139 e. The van der Waals surface area contributed by atoms with Gasteiger partial charge >= 0.3 is 0 Å². The minimum absolute atomic E-state index is 0.393. The predicted molar refractivity (Wildman–Crippen MR) is 146 cm³/mol. The normalized spacial score (nSPS) is 11.0. The summed E-state index contributed by atoms with van der Waals surface area (Å²) in [6.07, 6.45) is 3.43. The maximum absolute atomic E-state index is 9.71. The molecule has 0 aliphatic carbocycles. The zero-order valence-corrected chi connectivity index (χ0v) is 21.8. The number of benzene rings is 2. The highest BCUT2D eigenvalue weighted by molar-refractivity contribution is 6.37. The largest absolute Gasteiger partial charge is 0.495 e. The molecule has 0 unspecified atom stereocenters. The van der Waals surface area contributed by atoms with E-state index in [4.69, 9.17) is 27.9 Å². The fraction of sp³-hybridized carbons (Fsp3) is 0.222. The third kappa shape index (κ3) is 5.86. The van der Waals surface area contributed by atoms with E-state index >= 15 is 0 Å². The molecule has 2 N–H and O–H groups in total. The van der Waals surface area contributed by atoms with Crippen LogP contribution in [0, 0.1) is 11.3 Å². The summed E-state index contributed by atoms with van der Waals surface area (Å²) < 4.78 is 5.31. The number of methoxy groups -OCH3 is 1. The van der Waals surface area contributed by atoms with Crippen molar-refractivity contribution in [3.05, 3.63) is 76.0 Å². The summed E-state index contributed by atoms with van der Waals surface area (Å²) in [6.45, 7) is 2.67. The second-order valence-electron chi connectivity index (χ2n) is 8.51. The summed E-state index contributed by atoms with van der Waals surface area (Å²) in [7, 11) is 5.65. The Morgan fingerprint density at radius 3 is 2.56 bits per heavy atom. The molecule has 2 heterocycles. The smallest absolute Gasteiger partial charge is 0.139 e. The molecule has 184 valence electrons. The summed E-state index contributed by atoms with van der Waals surface area (Å²) in [5.41, 5.74) is 5.20. The van der Waals surface area contributed by atoms with Crippen LogP contribution < -0.4 is 15.4 Å². The van der Waals surface area contributed by atoms with Gasteiger partial charge in [0.2, 0.25) is 0 Å². The van der Waals surface area contributed by atoms with Crippen LogP contribution in [0.2, 0.25) is 10.0 Å². The van der Waals surface area contributed by atoms with Crippen molar-refractivity contribution in [1.82, 2.24) is 20.2 Å². The van der Waals surface area contributed by atoms with Crippen LogP contribution in [0.25, 0.3) is 22.2 Å². The van der Waals surface area contributed by atoms with Crippen molar-refractivity contribution in [2.24, 2.45) is 0 Å². The Balaban J connectivity index is 1.61. The Morgan fingerprint density at radius 2 is 1.86 bits per heavy atom. The van der Waals surface area contributed by atoms with Gasteiger partial charge in [0.15, 0.2) is 0 Å². The first kappa shape index (κ1) is 25.7. The summed E-state index contributed by atoms with van der Waals surface area (Å²) >= 11 is 12.6. The van der Waals surface area contributed by atoms with Crippen LogP contribution in [0.4, 0.5) is 11.4 Å². The number of nitriles is 1. The number of rotatable bonds is 9. The van der Waals surface area contributed by atoms with Crippen LogP contribution in [0.3, 0.4) is 0 Å². The average molecular weight is 521 g/mol. The molecular formula is C27H26Cl2N6O. The lowest BCUT2D eigenvalue weighted by atomic mass is 10.0. The lowest BCUT2D eigenvalue weighted by molar-refractivity contribution is 0.400. The number of fused-ring (bicyclic) bond motifs is 1. The number of hydrogen-bond acceptors (Lipinski definition) is 7. The van der Waals surface area contributed by atoms with E-state index in [2.05, 4.69) is 51.7 Å². The van der Waals surface area contributed by atoms with Gasteiger partial charge in [-0.15, -0.1) is 0 Å². The molecule has 7 nitrogen and oxygen atoms in total. The lowest BCUT2D eigenvalue weighted by Gasteiger charge is -2.15. The molecule has 4 aromatic rings. The van der Waals surface area contributed by atoms with Gasteiger partial charge in [0.05, 0.1) is 45.3 Å².